The minimum Gasteiger partial charge on any atom is -0.507 e. The lowest BCUT2D eigenvalue weighted by Crippen LogP contribution is -2.29. The highest BCUT2D eigenvalue weighted by Crippen LogP contribution is 2.43. The van der Waals surface area contributed by atoms with E-state index in [1.807, 2.05) is 13.8 Å². The molecule has 9 heteroatoms. The number of amides is 1. The van der Waals surface area contributed by atoms with E-state index in [-0.39, 0.29) is 28.7 Å². The van der Waals surface area contributed by atoms with Crippen molar-refractivity contribution in [3.05, 3.63) is 88.9 Å². The molecule has 1 N–H and O–H groups in total. The van der Waals surface area contributed by atoms with Crippen LogP contribution in [-0.4, -0.2) is 22.9 Å². The summed E-state index contributed by atoms with van der Waals surface area (Å²) in [6.07, 6.45) is -3.29. The van der Waals surface area contributed by atoms with Crippen LogP contribution in [0.15, 0.2) is 70.9 Å². The Morgan fingerprint density at radius 3 is 2.31 bits per heavy atom. The third-order valence-corrected chi connectivity index (χ3v) is 5.54. The average Bonchev–Trinajstić information content (AvgIpc) is 3.41. The SMILES string of the molecule is Cc1cc(/C(O)=C2/C(=O)C(=O)N(c3ccc(C(F)(F)F)cc3)C2c2ccco2)ccc1OC(C)C. The Hall–Kier alpha value is -4.01. The summed E-state index contributed by atoms with van der Waals surface area (Å²) in [6, 6.07) is 10.6. The number of carbonyl (C=O) groups excluding carboxylic acids is 2. The molecule has 0 spiro atoms. The van der Waals surface area contributed by atoms with E-state index in [0.717, 1.165) is 29.2 Å². The third-order valence-electron chi connectivity index (χ3n) is 5.54. The van der Waals surface area contributed by atoms with Gasteiger partial charge in [-0.3, -0.25) is 14.5 Å². The molecular weight excluding hydrogens is 463 g/mol. The van der Waals surface area contributed by atoms with Crippen LogP contribution in [0.25, 0.3) is 5.76 Å². The second-order valence-electron chi connectivity index (χ2n) is 8.38. The van der Waals surface area contributed by atoms with Crippen molar-refractivity contribution in [1.82, 2.24) is 0 Å². The molecule has 3 aromatic rings. The van der Waals surface area contributed by atoms with Crippen molar-refractivity contribution in [2.75, 3.05) is 4.90 Å². The highest BCUT2D eigenvalue weighted by Gasteiger charge is 2.48. The van der Waals surface area contributed by atoms with Crippen LogP contribution in [-0.2, 0) is 15.8 Å². The largest absolute Gasteiger partial charge is 0.507 e. The molecule has 1 aliphatic heterocycles. The van der Waals surface area contributed by atoms with Crippen LogP contribution < -0.4 is 9.64 Å². The van der Waals surface area contributed by atoms with E-state index in [1.54, 1.807) is 31.2 Å². The van der Waals surface area contributed by atoms with E-state index in [2.05, 4.69) is 0 Å². The fourth-order valence-corrected chi connectivity index (χ4v) is 3.96. The number of halogens is 3. The maximum absolute atomic E-state index is 13.1. The minimum atomic E-state index is -4.56. The molecule has 0 aliphatic carbocycles. The van der Waals surface area contributed by atoms with E-state index in [4.69, 9.17) is 9.15 Å². The molecule has 2 heterocycles. The van der Waals surface area contributed by atoms with Gasteiger partial charge in [0.05, 0.1) is 23.5 Å². The summed E-state index contributed by atoms with van der Waals surface area (Å²) in [7, 11) is 0. The van der Waals surface area contributed by atoms with Crippen molar-refractivity contribution in [3.8, 4) is 5.75 Å². The van der Waals surface area contributed by atoms with E-state index >= 15 is 0 Å². The van der Waals surface area contributed by atoms with Gasteiger partial charge in [0.15, 0.2) is 0 Å². The van der Waals surface area contributed by atoms with E-state index in [0.29, 0.717) is 11.3 Å². The summed E-state index contributed by atoms with van der Waals surface area (Å²) in [5, 5.41) is 11.1. The Morgan fingerprint density at radius 1 is 1.09 bits per heavy atom. The Balaban J connectivity index is 1.83. The summed E-state index contributed by atoms with van der Waals surface area (Å²) < 4.78 is 50.2. The monoisotopic (exact) mass is 485 g/mol. The number of ether oxygens (including phenoxy) is 1. The van der Waals surface area contributed by atoms with E-state index in [9.17, 15) is 27.9 Å². The molecule has 2 aromatic carbocycles. The molecule has 4 rings (SSSR count). The van der Waals surface area contributed by atoms with Crippen LogP contribution in [0.4, 0.5) is 18.9 Å². The Morgan fingerprint density at radius 2 is 1.77 bits per heavy atom. The van der Waals surface area contributed by atoms with Crippen molar-refractivity contribution < 1.29 is 37.0 Å². The zero-order valence-electron chi connectivity index (χ0n) is 19.1. The number of Topliss-reactive ketones (excluding diaryl/α,β-unsaturated/α-hetero) is 1. The first-order valence-corrected chi connectivity index (χ1v) is 10.8. The van der Waals surface area contributed by atoms with Gasteiger partial charge in [0.25, 0.3) is 11.7 Å². The second kappa shape index (κ2) is 8.98. The van der Waals surface area contributed by atoms with Crippen LogP contribution in [0.1, 0.15) is 42.3 Å². The number of nitrogens with zero attached hydrogens (tertiary/aromatic N) is 1. The van der Waals surface area contributed by atoms with Crippen molar-refractivity contribution in [2.24, 2.45) is 0 Å². The molecule has 1 saturated heterocycles. The van der Waals surface area contributed by atoms with Gasteiger partial charge in [-0.1, -0.05) is 0 Å². The highest BCUT2D eigenvalue weighted by atomic mass is 19.4. The number of aryl methyl sites for hydroxylation is 1. The molecule has 182 valence electrons. The summed E-state index contributed by atoms with van der Waals surface area (Å²) >= 11 is 0. The molecule has 1 fully saturated rings. The molecule has 6 nitrogen and oxygen atoms in total. The minimum absolute atomic E-state index is 0.0532. The highest BCUT2D eigenvalue weighted by molar-refractivity contribution is 6.51. The van der Waals surface area contributed by atoms with Gasteiger partial charge in [-0.25, -0.2) is 0 Å². The molecular formula is C26H22F3NO5. The first-order chi connectivity index (χ1) is 16.5. The molecule has 0 saturated carbocycles. The predicted molar refractivity (Wildman–Crippen MR) is 122 cm³/mol. The number of hydrogen-bond acceptors (Lipinski definition) is 5. The van der Waals surface area contributed by atoms with Crippen LogP contribution in [0.5, 0.6) is 5.75 Å². The number of anilines is 1. The Bertz CT molecular complexity index is 1290. The van der Waals surface area contributed by atoms with Crippen molar-refractivity contribution in [1.29, 1.82) is 0 Å². The molecule has 35 heavy (non-hydrogen) atoms. The summed E-state index contributed by atoms with van der Waals surface area (Å²) in [4.78, 5) is 27.1. The molecule has 1 unspecified atom stereocenters. The maximum atomic E-state index is 13.1. The standard InChI is InChI=1S/C26H22F3NO5/c1-14(2)35-19-11-6-16(13-15(19)3)23(31)21-22(20-5-4-12-34-20)30(25(33)24(21)32)18-9-7-17(8-10-18)26(27,28)29/h4-14,22,31H,1-3H3/b23-21-. The molecule has 1 aliphatic rings. The van der Waals surface area contributed by atoms with Gasteiger partial charge >= 0.3 is 6.18 Å². The van der Waals surface area contributed by atoms with Crippen LogP contribution >= 0.6 is 0 Å². The molecule has 1 amide bonds. The van der Waals surface area contributed by atoms with Crippen molar-refractivity contribution >= 4 is 23.1 Å². The lowest BCUT2D eigenvalue weighted by atomic mass is 9.98. The smallest absolute Gasteiger partial charge is 0.416 e. The zero-order chi connectivity index (χ0) is 25.5. The zero-order valence-corrected chi connectivity index (χ0v) is 19.1. The maximum Gasteiger partial charge on any atom is 0.416 e. The number of benzene rings is 2. The van der Waals surface area contributed by atoms with Gasteiger partial charge < -0.3 is 14.3 Å². The Labute approximate surface area is 199 Å². The average molecular weight is 485 g/mol. The van der Waals surface area contributed by atoms with Crippen molar-refractivity contribution in [2.45, 2.75) is 39.1 Å². The third kappa shape index (κ3) is 4.53. The molecule has 0 radical (unpaired) electrons. The van der Waals surface area contributed by atoms with Gasteiger partial charge in [-0.15, -0.1) is 0 Å². The van der Waals surface area contributed by atoms with Crippen LogP contribution in [0.3, 0.4) is 0 Å². The number of furan rings is 1. The second-order valence-corrected chi connectivity index (χ2v) is 8.38. The quantitative estimate of drug-likeness (QED) is 0.272. The molecule has 1 atom stereocenters. The van der Waals surface area contributed by atoms with Crippen LogP contribution in [0.2, 0.25) is 0 Å². The summed E-state index contributed by atoms with van der Waals surface area (Å²) in [6.45, 7) is 5.53. The predicted octanol–water partition coefficient (Wildman–Crippen LogP) is 6.02. The number of carbonyl (C=O) groups is 2. The van der Waals surface area contributed by atoms with Crippen LogP contribution in [0, 0.1) is 6.92 Å². The summed E-state index contributed by atoms with van der Waals surface area (Å²) in [5.41, 5.74) is -0.0967. The molecule has 0 bridgehead atoms. The first-order valence-electron chi connectivity index (χ1n) is 10.8. The van der Waals surface area contributed by atoms with Gasteiger partial charge in [0, 0.05) is 11.3 Å². The number of hydrogen-bond donors (Lipinski definition) is 1. The first kappa shape index (κ1) is 24.1. The fraction of sp³-hybridized carbons (Fsp3) is 0.231. The number of aliphatic hydroxyl groups is 1. The topological polar surface area (TPSA) is 80.0 Å². The number of aliphatic hydroxyl groups excluding tert-OH is 1. The Kier molecular flexibility index (Phi) is 6.19. The lowest BCUT2D eigenvalue weighted by Gasteiger charge is -2.23. The summed E-state index contributed by atoms with van der Waals surface area (Å²) in [5.74, 6) is -1.64. The molecule has 1 aromatic heterocycles. The van der Waals surface area contributed by atoms with Gasteiger partial charge in [-0.05, 0) is 80.9 Å². The van der Waals surface area contributed by atoms with E-state index in [1.165, 1.54) is 12.3 Å². The number of ketones is 1. The number of rotatable bonds is 5. The lowest BCUT2D eigenvalue weighted by molar-refractivity contribution is -0.137. The number of alkyl halides is 3. The normalized spacial score (nSPS) is 17.9. The fourth-order valence-electron chi connectivity index (χ4n) is 3.96. The van der Waals surface area contributed by atoms with Gasteiger partial charge in [0.1, 0.15) is 23.3 Å². The van der Waals surface area contributed by atoms with Crippen molar-refractivity contribution in [3.63, 3.8) is 0 Å². The van der Waals surface area contributed by atoms with Gasteiger partial charge in [0.2, 0.25) is 0 Å². The van der Waals surface area contributed by atoms with Gasteiger partial charge in [-0.2, -0.15) is 13.2 Å². The van der Waals surface area contributed by atoms with E-state index < -0.39 is 35.2 Å².